The second kappa shape index (κ2) is 7.31. The molecule has 0 bridgehead atoms. The van der Waals surface area contributed by atoms with Crippen molar-refractivity contribution in [1.82, 2.24) is 0 Å². The van der Waals surface area contributed by atoms with Crippen molar-refractivity contribution in [3.8, 4) is 11.5 Å². The first kappa shape index (κ1) is 17.5. The van der Waals surface area contributed by atoms with E-state index in [0.717, 1.165) is 16.5 Å². The fourth-order valence-electron chi connectivity index (χ4n) is 2.78. The SMILES string of the molecule is COc1ccc(CC(=O)Nc2ccc3c(C)cc(=O)oc3c2)cc1OC. The number of rotatable bonds is 5. The average Bonchev–Trinajstić information content (AvgIpc) is 2.61. The van der Waals surface area contributed by atoms with Crippen molar-refractivity contribution in [3.05, 3.63) is 64.0 Å². The molecule has 0 radical (unpaired) electrons. The lowest BCUT2D eigenvalue weighted by Gasteiger charge is -2.10. The first-order chi connectivity index (χ1) is 12.5. The third-order valence-corrected chi connectivity index (χ3v) is 4.05. The Morgan fingerprint density at radius 2 is 1.81 bits per heavy atom. The zero-order valence-electron chi connectivity index (χ0n) is 14.8. The molecule has 0 aliphatic heterocycles. The molecule has 0 fully saturated rings. The lowest BCUT2D eigenvalue weighted by molar-refractivity contribution is -0.115. The second-order valence-electron chi connectivity index (χ2n) is 5.87. The number of methoxy groups -OCH3 is 2. The number of ether oxygens (including phenoxy) is 2. The summed E-state index contributed by atoms with van der Waals surface area (Å²) in [6.45, 7) is 1.84. The first-order valence-electron chi connectivity index (χ1n) is 8.05. The van der Waals surface area contributed by atoms with E-state index in [4.69, 9.17) is 13.9 Å². The van der Waals surface area contributed by atoms with Gasteiger partial charge in [0.2, 0.25) is 5.91 Å². The third kappa shape index (κ3) is 3.69. The normalized spacial score (nSPS) is 10.6. The molecule has 1 aromatic heterocycles. The average molecular weight is 353 g/mol. The molecule has 3 rings (SSSR count). The van der Waals surface area contributed by atoms with Crippen LogP contribution >= 0.6 is 0 Å². The van der Waals surface area contributed by atoms with E-state index in [0.29, 0.717) is 22.8 Å². The number of hydrogen-bond donors (Lipinski definition) is 1. The molecule has 1 heterocycles. The molecule has 2 aromatic carbocycles. The summed E-state index contributed by atoms with van der Waals surface area (Å²) < 4.78 is 15.6. The van der Waals surface area contributed by atoms with Crippen LogP contribution in [-0.2, 0) is 11.2 Å². The standard InChI is InChI=1S/C20H19NO5/c1-12-8-20(23)26-17-11-14(5-6-15(12)17)21-19(22)10-13-4-7-16(24-2)18(9-13)25-3/h4-9,11H,10H2,1-3H3,(H,21,22). The van der Waals surface area contributed by atoms with E-state index in [1.54, 1.807) is 38.5 Å². The van der Waals surface area contributed by atoms with Crippen LogP contribution in [0.1, 0.15) is 11.1 Å². The van der Waals surface area contributed by atoms with Crippen molar-refractivity contribution in [1.29, 1.82) is 0 Å². The maximum Gasteiger partial charge on any atom is 0.336 e. The van der Waals surface area contributed by atoms with Gasteiger partial charge in [0, 0.05) is 23.2 Å². The third-order valence-electron chi connectivity index (χ3n) is 4.05. The summed E-state index contributed by atoms with van der Waals surface area (Å²) in [6, 6.07) is 12.0. The van der Waals surface area contributed by atoms with Gasteiger partial charge < -0.3 is 19.2 Å². The molecule has 0 aliphatic rings. The molecule has 0 unspecified atom stereocenters. The van der Waals surface area contributed by atoms with Crippen molar-refractivity contribution in [2.75, 3.05) is 19.5 Å². The number of aryl methyl sites for hydroxylation is 1. The maximum atomic E-state index is 12.3. The number of fused-ring (bicyclic) bond motifs is 1. The molecule has 6 nitrogen and oxygen atoms in total. The van der Waals surface area contributed by atoms with Gasteiger partial charge in [0.15, 0.2) is 11.5 Å². The molecule has 26 heavy (non-hydrogen) atoms. The Morgan fingerprint density at radius 1 is 1.04 bits per heavy atom. The van der Waals surface area contributed by atoms with Crippen LogP contribution in [-0.4, -0.2) is 20.1 Å². The Kier molecular flexibility index (Phi) is 4.93. The number of carbonyl (C=O) groups is 1. The van der Waals surface area contributed by atoms with E-state index in [2.05, 4.69) is 5.32 Å². The Balaban J connectivity index is 1.78. The second-order valence-corrected chi connectivity index (χ2v) is 5.87. The molecule has 6 heteroatoms. The highest BCUT2D eigenvalue weighted by molar-refractivity contribution is 5.94. The minimum atomic E-state index is -0.413. The number of nitrogens with one attached hydrogen (secondary N) is 1. The summed E-state index contributed by atoms with van der Waals surface area (Å²) in [5, 5.41) is 3.65. The van der Waals surface area contributed by atoms with E-state index >= 15 is 0 Å². The topological polar surface area (TPSA) is 77.8 Å². The van der Waals surface area contributed by atoms with E-state index in [1.165, 1.54) is 6.07 Å². The van der Waals surface area contributed by atoms with Crippen LogP contribution in [0.4, 0.5) is 5.69 Å². The van der Waals surface area contributed by atoms with Crippen molar-refractivity contribution < 1.29 is 18.7 Å². The van der Waals surface area contributed by atoms with Gasteiger partial charge in [-0.05, 0) is 42.3 Å². The number of amides is 1. The van der Waals surface area contributed by atoms with E-state index in [1.807, 2.05) is 19.1 Å². The zero-order valence-corrected chi connectivity index (χ0v) is 14.8. The van der Waals surface area contributed by atoms with Crippen LogP contribution in [0.25, 0.3) is 11.0 Å². The molecular weight excluding hydrogens is 334 g/mol. The fraction of sp³-hybridized carbons (Fsp3) is 0.200. The summed E-state index contributed by atoms with van der Waals surface area (Å²) in [7, 11) is 3.11. The van der Waals surface area contributed by atoms with Gasteiger partial charge in [0.05, 0.1) is 20.6 Å². The lowest BCUT2D eigenvalue weighted by Crippen LogP contribution is -2.14. The number of carbonyl (C=O) groups excluding carboxylic acids is 1. The monoisotopic (exact) mass is 353 g/mol. The highest BCUT2D eigenvalue weighted by atomic mass is 16.5. The van der Waals surface area contributed by atoms with Crippen LogP contribution in [0.2, 0.25) is 0 Å². The van der Waals surface area contributed by atoms with E-state index < -0.39 is 5.63 Å². The Hall–Kier alpha value is -3.28. The van der Waals surface area contributed by atoms with Gasteiger partial charge in [-0.25, -0.2) is 4.79 Å². The summed E-state index contributed by atoms with van der Waals surface area (Å²) in [5.74, 6) is 0.990. The number of benzene rings is 2. The van der Waals surface area contributed by atoms with E-state index in [-0.39, 0.29) is 12.3 Å². The molecule has 1 amide bonds. The zero-order chi connectivity index (χ0) is 18.7. The minimum absolute atomic E-state index is 0.177. The fourth-order valence-corrected chi connectivity index (χ4v) is 2.78. The Morgan fingerprint density at radius 3 is 2.54 bits per heavy atom. The molecule has 0 spiro atoms. The van der Waals surface area contributed by atoms with Crippen LogP contribution in [0.3, 0.4) is 0 Å². The molecule has 0 atom stereocenters. The van der Waals surface area contributed by atoms with Gasteiger partial charge in [-0.2, -0.15) is 0 Å². The van der Waals surface area contributed by atoms with Crippen LogP contribution < -0.4 is 20.4 Å². The maximum absolute atomic E-state index is 12.3. The van der Waals surface area contributed by atoms with Crippen molar-refractivity contribution >= 4 is 22.6 Å². The predicted octanol–water partition coefficient (Wildman–Crippen LogP) is 3.30. The van der Waals surface area contributed by atoms with Gasteiger partial charge in [0.25, 0.3) is 0 Å². The summed E-state index contributed by atoms with van der Waals surface area (Å²) in [6.07, 6.45) is 0.177. The summed E-state index contributed by atoms with van der Waals surface area (Å²) in [5.41, 5.74) is 2.22. The van der Waals surface area contributed by atoms with Gasteiger partial charge in [-0.15, -0.1) is 0 Å². The highest BCUT2D eigenvalue weighted by Gasteiger charge is 2.10. The van der Waals surface area contributed by atoms with Crippen molar-refractivity contribution in [3.63, 3.8) is 0 Å². The van der Waals surface area contributed by atoms with Crippen LogP contribution in [0, 0.1) is 6.92 Å². The molecule has 0 aliphatic carbocycles. The molecular formula is C20H19NO5. The summed E-state index contributed by atoms with van der Waals surface area (Å²) in [4.78, 5) is 23.8. The lowest BCUT2D eigenvalue weighted by atomic mass is 10.1. The van der Waals surface area contributed by atoms with Gasteiger partial charge >= 0.3 is 5.63 Å². The van der Waals surface area contributed by atoms with Crippen molar-refractivity contribution in [2.24, 2.45) is 0 Å². The van der Waals surface area contributed by atoms with Gasteiger partial charge in [-0.1, -0.05) is 6.07 Å². The summed E-state index contributed by atoms with van der Waals surface area (Å²) >= 11 is 0. The molecule has 0 saturated carbocycles. The number of anilines is 1. The highest BCUT2D eigenvalue weighted by Crippen LogP contribution is 2.28. The molecule has 3 aromatic rings. The van der Waals surface area contributed by atoms with Gasteiger partial charge in [-0.3, -0.25) is 4.79 Å². The smallest absolute Gasteiger partial charge is 0.336 e. The van der Waals surface area contributed by atoms with Crippen LogP contribution in [0.15, 0.2) is 51.7 Å². The quantitative estimate of drug-likeness (QED) is 0.712. The van der Waals surface area contributed by atoms with Crippen molar-refractivity contribution in [2.45, 2.75) is 13.3 Å². The largest absolute Gasteiger partial charge is 0.493 e. The number of hydrogen-bond acceptors (Lipinski definition) is 5. The minimum Gasteiger partial charge on any atom is -0.493 e. The Bertz CT molecular complexity index is 1020. The van der Waals surface area contributed by atoms with E-state index in [9.17, 15) is 9.59 Å². The van der Waals surface area contributed by atoms with Gasteiger partial charge in [0.1, 0.15) is 5.58 Å². The molecule has 1 N–H and O–H groups in total. The first-order valence-corrected chi connectivity index (χ1v) is 8.05. The Labute approximate surface area is 150 Å². The molecule has 134 valence electrons. The molecule has 0 saturated heterocycles. The predicted molar refractivity (Wildman–Crippen MR) is 99.1 cm³/mol. The van der Waals surface area contributed by atoms with Crippen LogP contribution in [0.5, 0.6) is 11.5 Å².